The highest BCUT2D eigenvalue weighted by atomic mass is 35.5. The molecule has 1 aromatic heterocycles. The average Bonchev–Trinajstić information content (AvgIpc) is 2.92. The van der Waals surface area contributed by atoms with Gasteiger partial charge in [-0.3, -0.25) is 0 Å². The van der Waals surface area contributed by atoms with Crippen LogP contribution in [-0.4, -0.2) is 11.0 Å². The van der Waals surface area contributed by atoms with Gasteiger partial charge in [0.15, 0.2) is 0 Å². The van der Waals surface area contributed by atoms with Crippen LogP contribution >= 0.6 is 11.6 Å². The van der Waals surface area contributed by atoms with E-state index in [2.05, 4.69) is 16.4 Å². The SMILES string of the molecule is N#Cc1nc(-c2ccc(Cl)cc2)oc1NC1CCCCC1. The molecular formula is C16H16ClN3O. The van der Waals surface area contributed by atoms with Gasteiger partial charge < -0.3 is 9.73 Å². The zero-order chi connectivity index (χ0) is 14.7. The second kappa shape index (κ2) is 6.19. The number of halogens is 1. The molecule has 0 amide bonds. The quantitative estimate of drug-likeness (QED) is 0.899. The fourth-order valence-corrected chi connectivity index (χ4v) is 2.77. The minimum absolute atomic E-state index is 0.311. The topological polar surface area (TPSA) is 61.9 Å². The van der Waals surface area contributed by atoms with Gasteiger partial charge >= 0.3 is 0 Å². The first-order valence-corrected chi connectivity index (χ1v) is 7.57. The normalized spacial score (nSPS) is 15.6. The average molecular weight is 302 g/mol. The third kappa shape index (κ3) is 3.20. The van der Waals surface area contributed by atoms with Gasteiger partial charge in [0.2, 0.25) is 17.5 Å². The summed E-state index contributed by atoms with van der Waals surface area (Å²) in [6, 6.07) is 9.69. The van der Waals surface area contributed by atoms with Crippen molar-refractivity contribution in [2.24, 2.45) is 0 Å². The van der Waals surface area contributed by atoms with E-state index >= 15 is 0 Å². The van der Waals surface area contributed by atoms with Crippen LogP contribution in [0.2, 0.25) is 5.02 Å². The molecule has 3 rings (SSSR count). The number of oxazole rings is 1. The molecule has 0 aliphatic heterocycles. The summed E-state index contributed by atoms with van der Waals surface area (Å²) < 4.78 is 5.75. The summed E-state index contributed by atoms with van der Waals surface area (Å²) in [5.74, 6) is 0.927. The predicted molar refractivity (Wildman–Crippen MR) is 82.2 cm³/mol. The Morgan fingerprint density at radius 2 is 1.90 bits per heavy atom. The van der Waals surface area contributed by atoms with Gasteiger partial charge in [-0.2, -0.15) is 10.2 Å². The molecule has 0 radical (unpaired) electrons. The zero-order valence-corrected chi connectivity index (χ0v) is 12.4. The van der Waals surface area contributed by atoms with Crippen LogP contribution in [0.25, 0.3) is 11.5 Å². The highest BCUT2D eigenvalue weighted by Crippen LogP contribution is 2.29. The Balaban J connectivity index is 1.84. The summed E-state index contributed by atoms with van der Waals surface area (Å²) in [5.41, 5.74) is 1.12. The molecule has 1 saturated carbocycles. The Morgan fingerprint density at radius 1 is 1.19 bits per heavy atom. The number of nitrogens with zero attached hydrogens (tertiary/aromatic N) is 2. The first-order valence-electron chi connectivity index (χ1n) is 7.19. The standard InChI is InChI=1S/C16H16ClN3O/c17-12-8-6-11(7-9-12)15-20-14(10-18)16(21-15)19-13-4-2-1-3-5-13/h6-9,13,19H,1-5H2. The van der Waals surface area contributed by atoms with Crippen molar-refractivity contribution in [1.29, 1.82) is 5.26 Å². The van der Waals surface area contributed by atoms with Gasteiger partial charge in [-0.25, -0.2) is 0 Å². The van der Waals surface area contributed by atoms with Gasteiger partial charge in [0, 0.05) is 16.6 Å². The molecule has 1 N–H and O–H groups in total. The molecule has 2 aromatic rings. The first-order chi connectivity index (χ1) is 10.3. The molecule has 0 unspecified atom stereocenters. The largest absolute Gasteiger partial charge is 0.419 e. The van der Waals surface area contributed by atoms with E-state index in [1.165, 1.54) is 19.3 Å². The fraction of sp³-hybridized carbons (Fsp3) is 0.375. The van der Waals surface area contributed by atoms with Gasteiger partial charge in [-0.15, -0.1) is 0 Å². The minimum atomic E-state index is 0.311. The highest BCUT2D eigenvalue weighted by molar-refractivity contribution is 6.30. The van der Waals surface area contributed by atoms with E-state index in [9.17, 15) is 5.26 Å². The fourth-order valence-electron chi connectivity index (χ4n) is 2.64. The first kappa shape index (κ1) is 14.0. The monoisotopic (exact) mass is 301 g/mol. The maximum Gasteiger partial charge on any atom is 0.232 e. The van der Waals surface area contributed by atoms with Gasteiger partial charge in [0.25, 0.3) is 0 Å². The van der Waals surface area contributed by atoms with Crippen molar-refractivity contribution < 1.29 is 4.42 Å². The Morgan fingerprint density at radius 3 is 2.57 bits per heavy atom. The Hall–Kier alpha value is -1.99. The molecule has 0 spiro atoms. The second-order valence-electron chi connectivity index (χ2n) is 5.29. The molecule has 1 fully saturated rings. The molecule has 1 heterocycles. The molecule has 0 bridgehead atoms. The molecule has 0 saturated heterocycles. The lowest BCUT2D eigenvalue weighted by molar-refractivity contribution is 0.451. The summed E-state index contributed by atoms with van der Waals surface area (Å²) in [6.45, 7) is 0. The van der Waals surface area contributed by atoms with Crippen molar-refractivity contribution in [3.63, 3.8) is 0 Å². The van der Waals surface area contributed by atoms with Crippen LogP contribution in [0.3, 0.4) is 0 Å². The highest BCUT2D eigenvalue weighted by Gasteiger charge is 2.19. The molecule has 5 heteroatoms. The van der Waals surface area contributed by atoms with E-state index < -0.39 is 0 Å². The number of anilines is 1. The van der Waals surface area contributed by atoms with Crippen molar-refractivity contribution in [2.75, 3.05) is 5.32 Å². The van der Waals surface area contributed by atoms with Gasteiger partial charge in [0.05, 0.1) is 0 Å². The van der Waals surface area contributed by atoms with E-state index in [0.717, 1.165) is 18.4 Å². The van der Waals surface area contributed by atoms with E-state index in [1.807, 2.05) is 12.1 Å². The van der Waals surface area contributed by atoms with E-state index in [4.69, 9.17) is 16.0 Å². The van der Waals surface area contributed by atoms with Gasteiger partial charge in [-0.05, 0) is 37.1 Å². The second-order valence-corrected chi connectivity index (χ2v) is 5.73. The predicted octanol–water partition coefficient (Wildman–Crippen LogP) is 4.61. The summed E-state index contributed by atoms with van der Waals surface area (Å²) >= 11 is 5.88. The Labute approximate surface area is 128 Å². The number of aromatic nitrogens is 1. The Bertz CT molecular complexity index is 651. The summed E-state index contributed by atoms with van der Waals surface area (Å²) in [7, 11) is 0. The lowest BCUT2D eigenvalue weighted by atomic mass is 9.95. The van der Waals surface area contributed by atoms with Crippen molar-refractivity contribution in [3.05, 3.63) is 35.0 Å². The van der Waals surface area contributed by atoms with Crippen molar-refractivity contribution in [3.8, 4) is 17.5 Å². The van der Waals surface area contributed by atoms with Crippen LogP contribution in [0.5, 0.6) is 0 Å². The zero-order valence-electron chi connectivity index (χ0n) is 11.6. The van der Waals surface area contributed by atoms with E-state index in [0.29, 0.717) is 28.5 Å². The number of rotatable bonds is 3. The smallest absolute Gasteiger partial charge is 0.232 e. The molecule has 108 valence electrons. The lowest BCUT2D eigenvalue weighted by Crippen LogP contribution is -2.22. The van der Waals surface area contributed by atoms with Crippen LogP contribution < -0.4 is 5.32 Å². The lowest BCUT2D eigenvalue weighted by Gasteiger charge is -2.22. The number of hydrogen-bond donors (Lipinski definition) is 1. The number of benzene rings is 1. The molecular weight excluding hydrogens is 286 g/mol. The van der Waals surface area contributed by atoms with Crippen LogP contribution in [0, 0.1) is 11.3 Å². The maximum absolute atomic E-state index is 9.22. The number of hydrogen-bond acceptors (Lipinski definition) is 4. The van der Waals surface area contributed by atoms with Crippen molar-refractivity contribution >= 4 is 17.5 Å². The van der Waals surface area contributed by atoms with Gasteiger partial charge in [0.1, 0.15) is 6.07 Å². The van der Waals surface area contributed by atoms with Crippen LogP contribution in [0.4, 0.5) is 5.88 Å². The van der Waals surface area contributed by atoms with Gasteiger partial charge in [-0.1, -0.05) is 30.9 Å². The molecule has 21 heavy (non-hydrogen) atoms. The van der Waals surface area contributed by atoms with Crippen LogP contribution in [-0.2, 0) is 0 Å². The van der Waals surface area contributed by atoms with E-state index in [-0.39, 0.29) is 0 Å². The third-order valence-electron chi connectivity index (χ3n) is 3.76. The third-order valence-corrected chi connectivity index (χ3v) is 4.02. The molecule has 1 aliphatic carbocycles. The number of nitriles is 1. The molecule has 4 nitrogen and oxygen atoms in total. The van der Waals surface area contributed by atoms with E-state index in [1.54, 1.807) is 12.1 Å². The van der Waals surface area contributed by atoms with Crippen LogP contribution in [0.15, 0.2) is 28.7 Å². The number of nitrogens with one attached hydrogen (secondary N) is 1. The summed E-state index contributed by atoms with van der Waals surface area (Å²) in [6.07, 6.45) is 5.95. The Kier molecular flexibility index (Phi) is 4.12. The molecule has 0 atom stereocenters. The van der Waals surface area contributed by atoms with Crippen molar-refractivity contribution in [2.45, 2.75) is 38.1 Å². The minimum Gasteiger partial charge on any atom is -0.419 e. The van der Waals surface area contributed by atoms with Crippen LogP contribution in [0.1, 0.15) is 37.8 Å². The van der Waals surface area contributed by atoms with Crippen molar-refractivity contribution in [1.82, 2.24) is 4.98 Å². The summed E-state index contributed by atoms with van der Waals surface area (Å²) in [4.78, 5) is 4.26. The molecule has 1 aliphatic rings. The molecule has 1 aromatic carbocycles. The maximum atomic E-state index is 9.22. The summed E-state index contributed by atoms with van der Waals surface area (Å²) in [5, 5.41) is 13.2.